The zero-order valence-corrected chi connectivity index (χ0v) is 12.4. The molecule has 2 aromatic carbocycles. The summed E-state index contributed by atoms with van der Waals surface area (Å²) in [5.41, 5.74) is 0.674. The molecule has 1 unspecified atom stereocenters. The molecule has 0 aliphatic carbocycles. The van der Waals surface area contributed by atoms with Gasteiger partial charge in [-0.05, 0) is 30.8 Å². The van der Waals surface area contributed by atoms with Gasteiger partial charge >= 0.3 is 0 Å². The van der Waals surface area contributed by atoms with Crippen LogP contribution in [0.25, 0.3) is 0 Å². The van der Waals surface area contributed by atoms with Crippen molar-refractivity contribution in [3.8, 4) is 0 Å². The maximum atomic E-state index is 13.9. The minimum atomic E-state index is -3.36. The fourth-order valence-corrected chi connectivity index (χ4v) is 2.85. The zero-order valence-electron chi connectivity index (χ0n) is 11.6. The van der Waals surface area contributed by atoms with Crippen molar-refractivity contribution in [2.45, 2.75) is 10.9 Å². The molecule has 1 atom stereocenters. The van der Waals surface area contributed by atoms with Gasteiger partial charge in [0.15, 0.2) is 21.5 Å². The molecule has 21 heavy (non-hydrogen) atoms. The molecule has 0 aliphatic rings. The van der Waals surface area contributed by atoms with Gasteiger partial charge in [0.2, 0.25) is 0 Å². The third kappa shape index (κ3) is 3.28. The van der Waals surface area contributed by atoms with E-state index in [1.165, 1.54) is 24.3 Å². The molecule has 0 aliphatic heterocycles. The molecule has 2 aromatic rings. The van der Waals surface area contributed by atoms with Gasteiger partial charge in [-0.3, -0.25) is 0 Å². The van der Waals surface area contributed by atoms with E-state index in [1.807, 2.05) is 0 Å². The molecule has 0 amide bonds. The molecular weight excluding hydrogens is 296 g/mol. The van der Waals surface area contributed by atoms with Crippen molar-refractivity contribution in [1.29, 1.82) is 0 Å². The Labute approximate surface area is 122 Å². The normalized spacial score (nSPS) is 13.1. The number of hydrogen-bond donors (Lipinski definition) is 1. The van der Waals surface area contributed by atoms with Gasteiger partial charge < -0.3 is 5.32 Å². The Kier molecular flexibility index (Phi) is 4.39. The van der Waals surface area contributed by atoms with Crippen LogP contribution in [0.3, 0.4) is 0 Å². The first-order valence-corrected chi connectivity index (χ1v) is 8.15. The maximum absolute atomic E-state index is 13.9. The van der Waals surface area contributed by atoms with Crippen molar-refractivity contribution >= 4 is 9.84 Å². The molecule has 0 aromatic heterocycles. The van der Waals surface area contributed by atoms with E-state index in [1.54, 1.807) is 19.2 Å². The van der Waals surface area contributed by atoms with Gasteiger partial charge in [-0.15, -0.1) is 0 Å². The van der Waals surface area contributed by atoms with E-state index < -0.39 is 27.5 Å². The van der Waals surface area contributed by atoms with Gasteiger partial charge in [-0.25, -0.2) is 17.2 Å². The Balaban J connectivity index is 2.55. The molecule has 3 nitrogen and oxygen atoms in total. The van der Waals surface area contributed by atoms with Crippen molar-refractivity contribution in [2.24, 2.45) is 0 Å². The molecule has 1 N–H and O–H groups in total. The van der Waals surface area contributed by atoms with E-state index in [0.29, 0.717) is 5.56 Å². The fourth-order valence-electron chi connectivity index (χ4n) is 2.17. The lowest BCUT2D eigenvalue weighted by atomic mass is 9.98. The largest absolute Gasteiger partial charge is 0.309 e. The van der Waals surface area contributed by atoms with Crippen LogP contribution in [0.2, 0.25) is 0 Å². The van der Waals surface area contributed by atoms with Crippen LogP contribution in [0.1, 0.15) is 17.2 Å². The highest BCUT2D eigenvalue weighted by molar-refractivity contribution is 7.90. The van der Waals surface area contributed by atoms with Crippen molar-refractivity contribution in [2.75, 3.05) is 13.3 Å². The highest BCUT2D eigenvalue weighted by Crippen LogP contribution is 2.27. The number of nitrogens with one attached hydrogen (secondary N) is 1. The lowest BCUT2D eigenvalue weighted by molar-refractivity contribution is 0.487. The second kappa shape index (κ2) is 5.91. The van der Waals surface area contributed by atoms with Gasteiger partial charge in [-0.2, -0.15) is 0 Å². The van der Waals surface area contributed by atoms with Gasteiger partial charge in [0, 0.05) is 11.8 Å². The third-order valence-electron chi connectivity index (χ3n) is 3.20. The topological polar surface area (TPSA) is 46.2 Å². The second-order valence-corrected chi connectivity index (χ2v) is 6.73. The highest BCUT2D eigenvalue weighted by atomic mass is 32.2. The van der Waals surface area contributed by atoms with Crippen LogP contribution in [0, 0.1) is 11.6 Å². The molecule has 0 fully saturated rings. The van der Waals surface area contributed by atoms with Crippen LogP contribution >= 0.6 is 0 Å². The van der Waals surface area contributed by atoms with E-state index in [0.717, 1.165) is 12.3 Å². The van der Waals surface area contributed by atoms with Crippen molar-refractivity contribution < 1.29 is 17.2 Å². The van der Waals surface area contributed by atoms with E-state index in [-0.39, 0.29) is 10.5 Å². The number of hydrogen-bond acceptors (Lipinski definition) is 3. The van der Waals surface area contributed by atoms with Crippen LogP contribution in [-0.4, -0.2) is 21.7 Å². The van der Waals surface area contributed by atoms with Crippen molar-refractivity contribution in [3.05, 3.63) is 65.2 Å². The summed E-state index contributed by atoms with van der Waals surface area (Å²) in [7, 11) is -1.76. The minimum absolute atomic E-state index is 0.128. The molecule has 2 rings (SSSR count). The smallest absolute Gasteiger partial charge is 0.175 e. The summed E-state index contributed by atoms with van der Waals surface area (Å²) in [4.78, 5) is 0.136. The van der Waals surface area contributed by atoms with Gasteiger partial charge in [0.25, 0.3) is 0 Å². The molecule has 0 heterocycles. The van der Waals surface area contributed by atoms with Gasteiger partial charge in [-0.1, -0.05) is 24.3 Å². The molecule has 6 heteroatoms. The lowest BCUT2D eigenvalue weighted by Crippen LogP contribution is -2.19. The number of halogens is 2. The van der Waals surface area contributed by atoms with Crippen LogP contribution in [-0.2, 0) is 9.84 Å². The van der Waals surface area contributed by atoms with E-state index in [4.69, 9.17) is 0 Å². The Morgan fingerprint density at radius 1 is 1.10 bits per heavy atom. The quantitative estimate of drug-likeness (QED) is 0.944. The van der Waals surface area contributed by atoms with Gasteiger partial charge in [0.05, 0.1) is 10.9 Å². The Morgan fingerprint density at radius 2 is 1.76 bits per heavy atom. The molecule has 0 spiro atoms. The number of sulfone groups is 1. The minimum Gasteiger partial charge on any atom is -0.309 e. The molecule has 0 saturated carbocycles. The molecular formula is C15H15F2NO2S. The Morgan fingerprint density at radius 3 is 2.38 bits per heavy atom. The summed E-state index contributed by atoms with van der Waals surface area (Å²) in [5, 5.41) is 2.88. The van der Waals surface area contributed by atoms with E-state index >= 15 is 0 Å². The second-order valence-electron chi connectivity index (χ2n) is 4.71. The zero-order chi connectivity index (χ0) is 15.6. The summed E-state index contributed by atoms with van der Waals surface area (Å²) in [6.07, 6.45) is 1.10. The predicted octanol–water partition coefficient (Wildman–Crippen LogP) is 2.68. The molecule has 112 valence electrons. The average Bonchev–Trinajstić information content (AvgIpc) is 2.44. The van der Waals surface area contributed by atoms with Crippen LogP contribution in [0.5, 0.6) is 0 Å². The first kappa shape index (κ1) is 15.6. The molecule has 0 radical (unpaired) electrons. The first-order chi connectivity index (χ1) is 9.84. The summed E-state index contributed by atoms with van der Waals surface area (Å²) in [6, 6.07) is 9.45. The first-order valence-electron chi connectivity index (χ1n) is 6.26. The standard InChI is InChI=1S/C15H15F2NO2S/c1-18-15(12-7-4-8-13(16)14(12)17)10-5-3-6-11(9-10)21(2,19)20/h3-9,15,18H,1-2H3. The van der Waals surface area contributed by atoms with Crippen LogP contribution in [0.15, 0.2) is 47.4 Å². The number of benzene rings is 2. The van der Waals surface area contributed by atoms with Gasteiger partial charge in [0.1, 0.15) is 0 Å². The highest BCUT2D eigenvalue weighted by Gasteiger charge is 2.19. The van der Waals surface area contributed by atoms with Crippen molar-refractivity contribution in [3.63, 3.8) is 0 Å². The van der Waals surface area contributed by atoms with Crippen LogP contribution < -0.4 is 5.32 Å². The lowest BCUT2D eigenvalue weighted by Gasteiger charge is -2.18. The SMILES string of the molecule is CNC(c1cccc(S(C)(=O)=O)c1)c1cccc(F)c1F. The Bertz CT molecular complexity index is 760. The average molecular weight is 311 g/mol. The Hall–Kier alpha value is -1.79. The summed E-state index contributed by atoms with van der Waals surface area (Å²) < 4.78 is 50.5. The maximum Gasteiger partial charge on any atom is 0.175 e. The van der Waals surface area contributed by atoms with E-state index in [9.17, 15) is 17.2 Å². The molecule has 0 bridgehead atoms. The third-order valence-corrected chi connectivity index (χ3v) is 4.31. The number of rotatable bonds is 4. The van der Waals surface area contributed by atoms with Crippen molar-refractivity contribution in [1.82, 2.24) is 5.32 Å². The predicted molar refractivity (Wildman–Crippen MR) is 76.8 cm³/mol. The summed E-state index contributed by atoms with van der Waals surface area (Å²) >= 11 is 0. The summed E-state index contributed by atoms with van der Waals surface area (Å²) in [5.74, 6) is -1.88. The monoisotopic (exact) mass is 311 g/mol. The van der Waals surface area contributed by atoms with Crippen LogP contribution in [0.4, 0.5) is 8.78 Å². The van der Waals surface area contributed by atoms with E-state index in [2.05, 4.69) is 5.32 Å². The summed E-state index contributed by atoms with van der Waals surface area (Å²) in [6.45, 7) is 0. The fraction of sp³-hybridized carbons (Fsp3) is 0.200. The molecule has 0 saturated heterocycles.